The van der Waals surface area contributed by atoms with Gasteiger partial charge in [-0.15, -0.1) is 0 Å². The molecule has 0 amide bonds. The lowest BCUT2D eigenvalue weighted by molar-refractivity contribution is 0.0527. The van der Waals surface area contributed by atoms with E-state index in [9.17, 15) is 4.79 Å². The van der Waals surface area contributed by atoms with E-state index >= 15 is 0 Å². The van der Waals surface area contributed by atoms with Crippen LogP contribution in [0.4, 0.5) is 28.8 Å². The van der Waals surface area contributed by atoms with E-state index in [0.29, 0.717) is 29.6 Å². The summed E-state index contributed by atoms with van der Waals surface area (Å²) in [5, 5.41) is 6.34. The molecule has 1 heterocycles. The number of esters is 1. The minimum atomic E-state index is -0.388. The average molecular weight is 377 g/mol. The lowest BCUT2D eigenvalue weighted by atomic mass is 10.2. The van der Waals surface area contributed by atoms with Crippen molar-refractivity contribution in [1.29, 1.82) is 0 Å². The summed E-state index contributed by atoms with van der Waals surface area (Å²) >= 11 is 0. The molecule has 2 N–H and O–H groups in total. The number of aromatic nitrogens is 2. The van der Waals surface area contributed by atoms with Crippen molar-refractivity contribution in [3.05, 3.63) is 66.4 Å². The van der Waals surface area contributed by atoms with E-state index in [1.54, 1.807) is 37.4 Å². The molecule has 3 aromatic rings. The van der Waals surface area contributed by atoms with Crippen molar-refractivity contribution in [1.82, 2.24) is 9.97 Å². The van der Waals surface area contributed by atoms with E-state index in [-0.39, 0.29) is 5.97 Å². The van der Waals surface area contributed by atoms with Crippen LogP contribution < -0.4 is 15.5 Å². The summed E-state index contributed by atoms with van der Waals surface area (Å²) in [6.45, 7) is 2.09. The molecule has 0 saturated carbocycles. The Morgan fingerprint density at radius 3 is 2.50 bits per heavy atom. The van der Waals surface area contributed by atoms with Crippen molar-refractivity contribution in [2.75, 3.05) is 36.2 Å². The second kappa shape index (κ2) is 8.85. The van der Waals surface area contributed by atoms with Gasteiger partial charge in [0.2, 0.25) is 5.95 Å². The van der Waals surface area contributed by atoms with Crippen molar-refractivity contribution in [3.63, 3.8) is 0 Å². The lowest BCUT2D eigenvalue weighted by Gasteiger charge is -2.14. The Hall–Kier alpha value is -3.61. The molecule has 0 aliphatic carbocycles. The highest BCUT2D eigenvalue weighted by atomic mass is 16.5. The van der Waals surface area contributed by atoms with Gasteiger partial charge in [-0.05, 0) is 49.4 Å². The van der Waals surface area contributed by atoms with Gasteiger partial charge in [-0.2, -0.15) is 4.98 Å². The topological polar surface area (TPSA) is 79.4 Å². The van der Waals surface area contributed by atoms with E-state index in [1.807, 2.05) is 49.3 Å². The molecule has 0 fully saturated rings. The fourth-order valence-electron chi connectivity index (χ4n) is 2.58. The van der Waals surface area contributed by atoms with Crippen molar-refractivity contribution >= 4 is 34.8 Å². The molecule has 3 rings (SSSR count). The van der Waals surface area contributed by atoms with E-state index in [2.05, 4.69) is 20.6 Å². The van der Waals surface area contributed by atoms with Crippen molar-refractivity contribution in [2.24, 2.45) is 0 Å². The van der Waals surface area contributed by atoms with E-state index in [1.165, 1.54) is 0 Å². The highest BCUT2D eigenvalue weighted by Gasteiger charge is 2.13. The third-order valence-corrected chi connectivity index (χ3v) is 3.98. The van der Waals surface area contributed by atoms with Gasteiger partial charge < -0.3 is 20.3 Å². The fourth-order valence-corrected chi connectivity index (χ4v) is 2.58. The largest absolute Gasteiger partial charge is 0.462 e. The van der Waals surface area contributed by atoms with Crippen LogP contribution >= 0.6 is 0 Å². The summed E-state index contributed by atoms with van der Waals surface area (Å²) in [7, 11) is 4.00. The number of hydrogen-bond acceptors (Lipinski definition) is 7. The first-order valence-electron chi connectivity index (χ1n) is 8.97. The zero-order valence-corrected chi connectivity index (χ0v) is 16.1. The smallest absolute Gasteiger partial charge is 0.340 e. The summed E-state index contributed by atoms with van der Waals surface area (Å²) in [5.74, 6) is 0.635. The Morgan fingerprint density at radius 2 is 1.79 bits per heavy atom. The van der Waals surface area contributed by atoms with Crippen LogP contribution in [0.25, 0.3) is 0 Å². The number of rotatable bonds is 7. The number of anilines is 5. The number of carbonyl (C=O) groups is 1. The maximum atomic E-state index is 12.1. The summed E-state index contributed by atoms with van der Waals surface area (Å²) in [6, 6.07) is 16.9. The minimum absolute atomic E-state index is 0.315. The molecule has 0 atom stereocenters. The SMILES string of the molecule is CCOC(=O)c1ccccc1Nc1nccc(Nc2ccc(N(C)C)cc2)n1. The second-order valence-electron chi connectivity index (χ2n) is 6.22. The molecule has 144 valence electrons. The summed E-state index contributed by atoms with van der Waals surface area (Å²) in [6.07, 6.45) is 1.65. The molecule has 0 radical (unpaired) electrons. The first-order valence-corrected chi connectivity index (χ1v) is 8.97. The highest BCUT2D eigenvalue weighted by Crippen LogP contribution is 2.22. The summed E-state index contributed by atoms with van der Waals surface area (Å²) < 4.78 is 5.10. The number of nitrogens with one attached hydrogen (secondary N) is 2. The first kappa shape index (κ1) is 19.2. The number of nitrogens with zero attached hydrogens (tertiary/aromatic N) is 3. The highest BCUT2D eigenvalue weighted by molar-refractivity contribution is 5.96. The zero-order chi connectivity index (χ0) is 19.9. The molecule has 7 nitrogen and oxygen atoms in total. The predicted molar refractivity (Wildman–Crippen MR) is 112 cm³/mol. The minimum Gasteiger partial charge on any atom is -0.462 e. The van der Waals surface area contributed by atoms with Crippen LogP contribution in [0.15, 0.2) is 60.8 Å². The zero-order valence-electron chi connectivity index (χ0n) is 16.1. The number of para-hydroxylation sites is 1. The van der Waals surface area contributed by atoms with Gasteiger partial charge in [0.25, 0.3) is 0 Å². The molecule has 0 spiro atoms. The van der Waals surface area contributed by atoms with Crippen molar-refractivity contribution < 1.29 is 9.53 Å². The molecule has 2 aromatic carbocycles. The van der Waals surface area contributed by atoms with Crippen LogP contribution in [0.2, 0.25) is 0 Å². The van der Waals surface area contributed by atoms with E-state index in [4.69, 9.17) is 4.74 Å². The molecule has 0 bridgehead atoms. The monoisotopic (exact) mass is 377 g/mol. The summed E-state index contributed by atoms with van der Waals surface area (Å²) in [5.41, 5.74) is 3.06. The van der Waals surface area contributed by atoms with Gasteiger partial charge in [-0.3, -0.25) is 0 Å². The van der Waals surface area contributed by atoms with Gasteiger partial charge in [0.05, 0.1) is 17.9 Å². The lowest BCUT2D eigenvalue weighted by Crippen LogP contribution is -2.09. The van der Waals surface area contributed by atoms with Crippen LogP contribution in [-0.4, -0.2) is 36.6 Å². The number of hydrogen-bond donors (Lipinski definition) is 2. The number of carbonyl (C=O) groups excluding carboxylic acids is 1. The fraction of sp³-hybridized carbons (Fsp3) is 0.190. The number of ether oxygens (including phenoxy) is 1. The van der Waals surface area contributed by atoms with E-state index in [0.717, 1.165) is 11.4 Å². The quantitative estimate of drug-likeness (QED) is 0.597. The Balaban J connectivity index is 1.76. The predicted octanol–water partition coefficient (Wildman–Crippen LogP) is 4.21. The molecule has 0 saturated heterocycles. The van der Waals surface area contributed by atoms with Crippen LogP contribution in [0, 0.1) is 0 Å². The molecular formula is C21H23N5O2. The van der Waals surface area contributed by atoms with Crippen LogP contribution in [-0.2, 0) is 4.74 Å². The van der Waals surface area contributed by atoms with Crippen molar-refractivity contribution in [2.45, 2.75) is 6.92 Å². The normalized spacial score (nSPS) is 10.2. The Labute approximate surface area is 164 Å². The maximum absolute atomic E-state index is 12.1. The average Bonchev–Trinajstić information content (AvgIpc) is 2.69. The molecule has 1 aromatic heterocycles. The van der Waals surface area contributed by atoms with Gasteiger partial charge in [0, 0.05) is 31.7 Å². The molecule has 28 heavy (non-hydrogen) atoms. The Morgan fingerprint density at radius 1 is 1.04 bits per heavy atom. The second-order valence-corrected chi connectivity index (χ2v) is 6.22. The standard InChI is InChI=1S/C21H23N5O2/c1-4-28-20(27)17-7-5-6-8-18(17)24-21-22-14-13-19(25-21)23-15-9-11-16(12-10-15)26(2)3/h5-14H,4H2,1-3H3,(H2,22,23,24,25). The van der Waals surface area contributed by atoms with Gasteiger partial charge in [0.15, 0.2) is 0 Å². The van der Waals surface area contributed by atoms with E-state index < -0.39 is 0 Å². The Bertz CT molecular complexity index is 942. The Kier molecular flexibility index (Phi) is 6.06. The maximum Gasteiger partial charge on any atom is 0.340 e. The van der Waals surface area contributed by atoms with Gasteiger partial charge in [-0.25, -0.2) is 9.78 Å². The molecule has 7 heteroatoms. The van der Waals surface area contributed by atoms with Gasteiger partial charge >= 0.3 is 5.97 Å². The summed E-state index contributed by atoms with van der Waals surface area (Å²) in [4.78, 5) is 22.9. The number of benzene rings is 2. The van der Waals surface area contributed by atoms with Crippen LogP contribution in [0.5, 0.6) is 0 Å². The van der Waals surface area contributed by atoms with Gasteiger partial charge in [-0.1, -0.05) is 12.1 Å². The molecular weight excluding hydrogens is 354 g/mol. The van der Waals surface area contributed by atoms with Crippen LogP contribution in [0.3, 0.4) is 0 Å². The molecule has 0 aliphatic rings. The molecule has 0 aliphatic heterocycles. The third kappa shape index (κ3) is 4.76. The van der Waals surface area contributed by atoms with Crippen LogP contribution in [0.1, 0.15) is 17.3 Å². The first-order chi connectivity index (χ1) is 13.6. The third-order valence-electron chi connectivity index (χ3n) is 3.98. The van der Waals surface area contributed by atoms with Gasteiger partial charge in [0.1, 0.15) is 5.82 Å². The molecule has 0 unspecified atom stereocenters. The van der Waals surface area contributed by atoms with Crippen molar-refractivity contribution in [3.8, 4) is 0 Å².